The van der Waals surface area contributed by atoms with Crippen LogP contribution >= 0.6 is 27.7 Å². The van der Waals surface area contributed by atoms with Gasteiger partial charge in [0.15, 0.2) is 0 Å². The minimum Gasteiger partial charge on any atom is -0.384 e. The van der Waals surface area contributed by atoms with Crippen molar-refractivity contribution >= 4 is 27.7 Å². The number of halogens is 1. The van der Waals surface area contributed by atoms with Gasteiger partial charge in [-0.3, -0.25) is 0 Å². The van der Waals surface area contributed by atoms with Crippen molar-refractivity contribution in [1.82, 2.24) is 0 Å². The summed E-state index contributed by atoms with van der Waals surface area (Å²) in [5.74, 6) is 1.89. The molecular weight excluding hydrogens is 260 g/mol. The summed E-state index contributed by atoms with van der Waals surface area (Å²) >= 11 is 5.29. The van der Waals surface area contributed by atoms with Crippen LogP contribution in [0.1, 0.15) is 17.5 Å². The smallest absolute Gasteiger partial charge is 0.0994 e. The van der Waals surface area contributed by atoms with Gasteiger partial charge in [-0.05, 0) is 36.3 Å². The fourth-order valence-corrected chi connectivity index (χ4v) is 3.24. The molecule has 0 aliphatic carbocycles. The Kier molecular flexibility index (Phi) is 2.91. The van der Waals surface area contributed by atoms with Crippen molar-refractivity contribution in [3.63, 3.8) is 0 Å². The standard InChI is InChI=1S/C11H13BrOS/c1-8-6-9(2-3-10(8)12)11(13)4-5-14-7-11/h2-3,6,13H,4-5,7H2,1H3/t11-/m1/s1. The Labute approximate surface area is 97.0 Å². The second kappa shape index (κ2) is 3.87. The third-order valence-electron chi connectivity index (χ3n) is 2.70. The zero-order valence-electron chi connectivity index (χ0n) is 8.09. The van der Waals surface area contributed by atoms with Crippen LogP contribution in [0.4, 0.5) is 0 Å². The molecule has 1 aliphatic heterocycles. The molecule has 0 spiro atoms. The summed E-state index contributed by atoms with van der Waals surface area (Å²) in [6, 6.07) is 6.12. The van der Waals surface area contributed by atoms with Gasteiger partial charge in [0.2, 0.25) is 0 Å². The summed E-state index contributed by atoms with van der Waals surface area (Å²) < 4.78 is 1.11. The molecule has 1 aliphatic rings. The third-order valence-corrected chi connectivity index (χ3v) is 4.76. The van der Waals surface area contributed by atoms with E-state index in [2.05, 4.69) is 28.9 Å². The van der Waals surface area contributed by atoms with E-state index in [1.54, 1.807) is 0 Å². The van der Waals surface area contributed by atoms with Gasteiger partial charge in [0, 0.05) is 10.2 Å². The molecule has 1 atom stereocenters. The van der Waals surface area contributed by atoms with E-state index in [1.807, 2.05) is 23.9 Å². The average molecular weight is 273 g/mol. The maximum atomic E-state index is 10.3. The summed E-state index contributed by atoms with van der Waals surface area (Å²) in [6.07, 6.45) is 0.874. The van der Waals surface area contributed by atoms with Crippen molar-refractivity contribution in [3.05, 3.63) is 33.8 Å². The van der Waals surface area contributed by atoms with Crippen LogP contribution in [0.2, 0.25) is 0 Å². The summed E-state index contributed by atoms with van der Waals surface area (Å²) in [4.78, 5) is 0. The maximum absolute atomic E-state index is 10.3. The molecule has 1 fully saturated rings. The Morgan fingerprint density at radius 3 is 2.86 bits per heavy atom. The van der Waals surface area contributed by atoms with Crippen LogP contribution in [-0.4, -0.2) is 16.6 Å². The lowest BCUT2D eigenvalue weighted by atomic mass is 9.92. The fourth-order valence-electron chi connectivity index (χ4n) is 1.72. The minimum atomic E-state index is -0.587. The first-order valence-corrected chi connectivity index (χ1v) is 6.63. The third kappa shape index (κ3) is 1.86. The Bertz CT molecular complexity index is 345. The molecule has 1 N–H and O–H groups in total. The van der Waals surface area contributed by atoms with Gasteiger partial charge in [-0.2, -0.15) is 11.8 Å². The molecule has 3 heteroatoms. The molecule has 0 radical (unpaired) electrons. The molecule has 2 rings (SSSR count). The largest absolute Gasteiger partial charge is 0.384 e. The lowest BCUT2D eigenvalue weighted by molar-refractivity contribution is 0.0657. The Balaban J connectivity index is 2.36. The quantitative estimate of drug-likeness (QED) is 0.848. The van der Waals surface area contributed by atoms with Gasteiger partial charge in [0.05, 0.1) is 5.60 Å². The maximum Gasteiger partial charge on any atom is 0.0994 e. The van der Waals surface area contributed by atoms with Gasteiger partial charge < -0.3 is 5.11 Å². The van der Waals surface area contributed by atoms with E-state index in [-0.39, 0.29) is 0 Å². The summed E-state index contributed by atoms with van der Waals surface area (Å²) in [5.41, 5.74) is 1.66. The SMILES string of the molecule is Cc1cc([C@@]2(O)CCSC2)ccc1Br. The highest BCUT2D eigenvalue weighted by Gasteiger charge is 2.33. The van der Waals surface area contributed by atoms with Crippen molar-refractivity contribution in [2.24, 2.45) is 0 Å². The van der Waals surface area contributed by atoms with E-state index in [0.29, 0.717) is 0 Å². The van der Waals surface area contributed by atoms with E-state index in [9.17, 15) is 5.11 Å². The molecule has 0 aromatic heterocycles. The number of benzene rings is 1. The molecular formula is C11H13BrOS. The second-order valence-electron chi connectivity index (χ2n) is 3.80. The first-order valence-electron chi connectivity index (χ1n) is 4.69. The lowest BCUT2D eigenvalue weighted by Gasteiger charge is -2.22. The van der Waals surface area contributed by atoms with Crippen molar-refractivity contribution in [1.29, 1.82) is 0 Å². The number of aliphatic hydroxyl groups is 1. The van der Waals surface area contributed by atoms with E-state index in [0.717, 1.165) is 28.0 Å². The van der Waals surface area contributed by atoms with Crippen LogP contribution in [0.25, 0.3) is 0 Å². The highest BCUT2D eigenvalue weighted by atomic mass is 79.9. The second-order valence-corrected chi connectivity index (χ2v) is 5.76. The molecule has 0 bridgehead atoms. The molecule has 1 aromatic rings. The monoisotopic (exact) mass is 272 g/mol. The fraction of sp³-hybridized carbons (Fsp3) is 0.455. The summed E-state index contributed by atoms with van der Waals surface area (Å²) in [5, 5.41) is 10.3. The Morgan fingerprint density at radius 2 is 2.29 bits per heavy atom. The molecule has 1 nitrogen and oxygen atoms in total. The van der Waals surface area contributed by atoms with Gasteiger partial charge in [-0.15, -0.1) is 0 Å². The van der Waals surface area contributed by atoms with E-state index in [1.165, 1.54) is 5.56 Å². The predicted molar refractivity (Wildman–Crippen MR) is 64.7 cm³/mol. The van der Waals surface area contributed by atoms with Crippen LogP contribution in [0.3, 0.4) is 0 Å². The van der Waals surface area contributed by atoms with E-state index < -0.39 is 5.60 Å². The number of thioether (sulfide) groups is 1. The van der Waals surface area contributed by atoms with Crippen molar-refractivity contribution in [2.45, 2.75) is 18.9 Å². The molecule has 0 saturated carbocycles. The number of aryl methyl sites for hydroxylation is 1. The van der Waals surface area contributed by atoms with Crippen LogP contribution in [0, 0.1) is 6.92 Å². The van der Waals surface area contributed by atoms with Gasteiger partial charge in [0.25, 0.3) is 0 Å². The van der Waals surface area contributed by atoms with Crippen molar-refractivity contribution in [2.75, 3.05) is 11.5 Å². The summed E-state index contributed by atoms with van der Waals surface area (Å²) in [7, 11) is 0. The molecule has 0 amide bonds. The van der Waals surface area contributed by atoms with Gasteiger partial charge in [-0.25, -0.2) is 0 Å². The number of hydrogen-bond acceptors (Lipinski definition) is 2. The van der Waals surface area contributed by atoms with E-state index in [4.69, 9.17) is 0 Å². The van der Waals surface area contributed by atoms with Gasteiger partial charge in [-0.1, -0.05) is 28.1 Å². The highest BCUT2D eigenvalue weighted by molar-refractivity contribution is 9.10. The molecule has 1 heterocycles. The minimum absolute atomic E-state index is 0.587. The van der Waals surface area contributed by atoms with Gasteiger partial charge in [0.1, 0.15) is 0 Å². The van der Waals surface area contributed by atoms with Gasteiger partial charge >= 0.3 is 0 Å². The average Bonchev–Trinajstić information content (AvgIpc) is 2.58. The predicted octanol–water partition coefficient (Wildman–Crippen LogP) is 3.08. The zero-order chi connectivity index (χ0) is 10.2. The number of rotatable bonds is 1. The molecule has 1 aromatic carbocycles. The summed E-state index contributed by atoms with van der Waals surface area (Å²) in [6.45, 7) is 2.05. The first-order chi connectivity index (χ1) is 6.62. The van der Waals surface area contributed by atoms with E-state index >= 15 is 0 Å². The topological polar surface area (TPSA) is 20.2 Å². The normalized spacial score (nSPS) is 26.8. The van der Waals surface area contributed by atoms with Crippen LogP contribution in [0.15, 0.2) is 22.7 Å². The van der Waals surface area contributed by atoms with Crippen molar-refractivity contribution < 1.29 is 5.11 Å². The van der Waals surface area contributed by atoms with Crippen LogP contribution in [0.5, 0.6) is 0 Å². The zero-order valence-corrected chi connectivity index (χ0v) is 10.5. The van der Waals surface area contributed by atoms with Crippen molar-refractivity contribution in [3.8, 4) is 0 Å². The van der Waals surface area contributed by atoms with Crippen LogP contribution in [-0.2, 0) is 5.60 Å². The molecule has 76 valence electrons. The Morgan fingerprint density at radius 1 is 1.50 bits per heavy atom. The molecule has 14 heavy (non-hydrogen) atoms. The first kappa shape index (κ1) is 10.5. The highest BCUT2D eigenvalue weighted by Crippen LogP contribution is 2.37. The Hall–Kier alpha value is 0.01000. The molecule has 0 unspecified atom stereocenters. The van der Waals surface area contributed by atoms with Crippen LogP contribution < -0.4 is 0 Å². The lowest BCUT2D eigenvalue weighted by Crippen LogP contribution is -2.24. The number of hydrogen-bond donors (Lipinski definition) is 1. The molecule has 1 saturated heterocycles.